The van der Waals surface area contributed by atoms with Crippen LogP contribution in [0.1, 0.15) is 22.5 Å². The number of carbonyl (C=O) groups is 1. The van der Waals surface area contributed by atoms with Gasteiger partial charge in [-0.05, 0) is 43.7 Å². The van der Waals surface area contributed by atoms with Gasteiger partial charge in [-0.3, -0.25) is 14.0 Å². The highest BCUT2D eigenvalue weighted by molar-refractivity contribution is 7.89. The lowest BCUT2D eigenvalue weighted by Crippen LogP contribution is -2.35. The fraction of sp³-hybridized carbons (Fsp3) is 0.300. The van der Waals surface area contributed by atoms with Crippen LogP contribution in [-0.4, -0.2) is 79.6 Å². The number of aromatic nitrogens is 3. The number of likely N-dealkylation sites (tertiary alicyclic amines) is 1. The van der Waals surface area contributed by atoms with E-state index in [0.717, 1.165) is 31.8 Å². The normalized spacial score (nSPS) is 19.1. The summed E-state index contributed by atoms with van der Waals surface area (Å²) in [6.45, 7) is 5.64. The van der Waals surface area contributed by atoms with Crippen LogP contribution in [0.2, 0.25) is 0 Å². The predicted molar refractivity (Wildman–Crippen MR) is 165 cm³/mol. The average Bonchev–Trinajstić information content (AvgIpc) is 3.62. The number of nitrogens with zero attached hydrogens (tertiary/aromatic N) is 4. The van der Waals surface area contributed by atoms with Gasteiger partial charge in [0.1, 0.15) is 22.7 Å². The maximum Gasteiger partial charge on any atom is 0.270 e. The molecule has 0 bridgehead atoms. The van der Waals surface area contributed by atoms with Crippen molar-refractivity contribution in [2.45, 2.75) is 12.5 Å². The minimum atomic E-state index is -3.89. The van der Waals surface area contributed by atoms with Crippen LogP contribution >= 0.6 is 0 Å². The maximum atomic E-state index is 16.5. The van der Waals surface area contributed by atoms with Crippen LogP contribution in [0, 0.1) is 11.7 Å². The van der Waals surface area contributed by atoms with E-state index < -0.39 is 33.1 Å². The van der Waals surface area contributed by atoms with Gasteiger partial charge < -0.3 is 20.1 Å². The summed E-state index contributed by atoms with van der Waals surface area (Å²) in [6.07, 6.45) is 5.97. The monoisotopic (exact) mass is 623 g/mol. The average molecular weight is 624 g/mol. The third-order valence-corrected chi connectivity index (χ3v) is 8.83. The first kappa shape index (κ1) is 29.5. The van der Waals surface area contributed by atoms with Crippen molar-refractivity contribution >= 4 is 43.9 Å². The van der Waals surface area contributed by atoms with E-state index in [1.165, 1.54) is 22.7 Å². The van der Waals surface area contributed by atoms with E-state index in [4.69, 9.17) is 0 Å². The molecule has 4 aromatic heterocycles. The van der Waals surface area contributed by atoms with Gasteiger partial charge in [0, 0.05) is 61.8 Å². The van der Waals surface area contributed by atoms with Crippen LogP contribution in [0.3, 0.4) is 0 Å². The molecular formula is C30H31F2N7O4S. The van der Waals surface area contributed by atoms with E-state index in [9.17, 15) is 22.4 Å². The summed E-state index contributed by atoms with van der Waals surface area (Å²) >= 11 is 0. The number of hydrogen-bond acceptors (Lipinski definition) is 8. The highest BCUT2D eigenvalue weighted by Crippen LogP contribution is 2.44. The summed E-state index contributed by atoms with van der Waals surface area (Å²) in [6, 6.07) is 6.39. The molecule has 2 fully saturated rings. The molecule has 14 heteroatoms. The number of hydrogen-bond donors (Lipinski definition) is 3. The Morgan fingerprint density at radius 2 is 1.98 bits per heavy atom. The second kappa shape index (κ2) is 10.9. The van der Waals surface area contributed by atoms with Crippen LogP contribution in [0.15, 0.2) is 59.9 Å². The van der Waals surface area contributed by atoms with Gasteiger partial charge in [0.15, 0.2) is 5.82 Å². The summed E-state index contributed by atoms with van der Waals surface area (Å²) in [7, 11) is -0.291. The zero-order valence-corrected chi connectivity index (χ0v) is 25.1. The van der Waals surface area contributed by atoms with Crippen molar-refractivity contribution < 1.29 is 22.0 Å². The molecule has 0 aromatic carbocycles. The number of nitrogens with one attached hydrogen (secondary N) is 3. The van der Waals surface area contributed by atoms with Gasteiger partial charge in [0.05, 0.1) is 23.0 Å². The molecule has 3 N–H and O–H groups in total. The van der Waals surface area contributed by atoms with Crippen LogP contribution < -0.4 is 20.5 Å². The van der Waals surface area contributed by atoms with Crippen LogP contribution in [0.4, 0.5) is 14.5 Å². The lowest BCUT2D eigenvalue weighted by Gasteiger charge is -2.29. The summed E-state index contributed by atoms with van der Waals surface area (Å²) < 4.78 is 56.5. The Morgan fingerprint density at radius 1 is 1.23 bits per heavy atom. The molecule has 230 valence electrons. The molecule has 2 saturated heterocycles. The van der Waals surface area contributed by atoms with Crippen LogP contribution in [0.25, 0.3) is 33.4 Å². The number of fused-ring (bicyclic) bond motifs is 3. The number of pyridine rings is 3. The van der Waals surface area contributed by atoms with Gasteiger partial charge in [-0.15, -0.1) is 0 Å². The molecule has 2 atom stereocenters. The molecule has 0 radical (unpaired) electrons. The Kier molecular flexibility index (Phi) is 7.28. The summed E-state index contributed by atoms with van der Waals surface area (Å²) in [5.41, 5.74) is 1.54. The number of anilines is 1. The first-order valence-electron chi connectivity index (χ1n) is 13.9. The molecule has 6 rings (SSSR count). The fourth-order valence-corrected chi connectivity index (χ4v) is 6.87. The molecule has 44 heavy (non-hydrogen) atoms. The zero-order valence-electron chi connectivity index (χ0n) is 24.3. The molecule has 2 aliphatic rings. The van der Waals surface area contributed by atoms with E-state index in [1.54, 1.807) is 25.4 Å². The number of sulfonamides is 1. The number of rotatable bonds is 7. The van der Waals surface area contributed by atoms with E-state index in [1.807, 2.05) is 4.72 Å². The quantitative estimate of drug-likeness (QED) is 0.268. The number of halogens is 2. The van der Waals surface area contributed by atoms with Gasteiger partial charge in [0.25, 0.3) is 11.5 Å². The molecule has 0 unspecified atom stereocenters. The first-order chi connectivity index (χ1) is 20.9. The number of allylic oxidation sites excluding steroid dienone is 2. The first-order valence-corrected chi connectivity index (χ1v) is 15.8. The lowest BCUT2D eigenvalue weighted by atomic mass is 10.0. The molecule has 4 aromatic rings. The third-order valence-electron chi connectivity index (χ3n) is 8.27. The Morgan fingerprint density at radius 3 is 2.68 bits per heavy atom. The smallest absolute Gasteiger partial charge is 0.270 e. The molecule has 6 heterocycles. The predicted octanol–water partition coefficient (Wildman–Crippen LogP) is 2.86. The van der Waals surface area contributed by atoms with Gasteiger partial charge in [-0.2, -0.15) is 0 Å². The van der Waals surface area contributed by atoms with Crippen LogP contribution in [-0.2, 0) is 10.0 Å². The molecule has 0 aliphatic carbocycles. The standard InChI is InChI=1S/C30H31F2N7O4S/c1-16(31)11-22(33-2)26-25(32)24-27(38-10-9-18-13-37(3)15-23(18)38)21(12-34-28(24)35-26)17-5-6-19-7-8-20(30(41)39(19)14-17)29(40)36-44(4,42)43/h5-8,11-12,14,18,23,33H,1,9-10,13,15H2,2-4H3,(H,34,35)(H,36,40)/b22-11+/t18-,23+/m0/s1. The Bertz CT molecular complexity index is 2050. The number of likely N-dealkylation sites (N-methyl/N-ethyl adjacent to an activating group) is 1. The minimum absolute atomic E-state index is 0.0303. The van der Waals surface area contributed by atoms with E-state index in [2.05, 4.69) is 38.7 Å². The molecular weight excluding hydrogens is 592 g/mol. The van der Waals surface area contributed by atoms with E-state index >= 15 is 4.39 Å². The second-order valence-electron chi connectivity index (χ2n) is 11.3. The Labute approximate surface area is 251 Å². The van der Waals surface area contributed by atoms with Gasteiger partial charge in [-0.1, -0.05) is 12.6 Å². The maximum absolute atomic E-state index is 16.5. The summed E-state index contributed by atoms with van der Waals surface area (Å²) in [5, 5.41) is 3.05. The van der Waals surface area contributed by atoms with Gasteiger partial charge in [0.2, 0.25) is 10.0 Å². The SMILES string of the molecule is C=C(F)/C=C(/NC)c1[nH]c2ncc(-c3ccc4ccc(C(=O)NS(C)(=O)=O)c(=O)n4c3)c(N3CC[C@H]4CN(C)C[C@H]43)c2c1F. The lowest BCUT2D eigenvalue weighted by molar-refractivity contribution is 0.0980. The van der Waals surface area contributed by atoms with E-state index in [-0.39, 0.29) is 34.0 Å². The highest BCUT2D eigenvalue weighted by Gasteiger charge is 2.42. The van der Waals surface area contributed by atoms with Crippen molar-refractivity contribution in [1.29, 1.82) is 0 Å². The number of aromatic amines is 1. The van der Waals surface area contributed by atoms with Gasteiger partial charge >= 0.3 is 0 Å². The summed E-state index contributed by atoms with van der Waals surface area (Å²) in [4.78, 5) is 37.9. The summed E-state index contributed by atoms with van der Waals surface area (Å²) in [5.74, 6) is -2.02. The van der Waals surface area contributed by atoms with Crippen molar-refractivity contribution in [3.05, 3.63) is 82.6 Å². The molecule has 0 spiro atoms. The van der Waals surface area contributed by atoms with Gasteiger partial charge in [-0.25, -0.2) is 26.9 Å². The second-order valence-corrected chi connectivity index (χ2v) is 13.1. The van der Waals surface area contributed by atoms with Crippen molar-refractivity contribution in [3.63, 3.8) is 0 Å². The highest BCUT2D eigenvalue weighted by atomic mass is 32.2. The van der Waals surface area contributed by atoms with E-state index in [0.29, 0.717) is 34.8 Å². The fourth-order valence-electron chi connectivity index (χ4n) is 6.42. The molecule has 2 aliphatic heterocycles. The zero-order chi connectivity index (χ0) is 31.5. The van der Waals surface area contributed by atoms with Crippen LogP contribution in [0.5, 0.6) is 0 Å². The topological polar surface area (TPSA) is 132 Å². The number of amides is 1. The van der Waals surface area contributed by atoms with Crippen molar-refractivity contribution in [3.8, 4) is 11.1 Å². The largest absolute Gasteiger partial charge is 0.386 e. The molecule has 11 nitrogen and oxygen atoms in total. The van der Waals surface area contributed by atoms with Crippen molar-refractivity contribution in [2.24, 2.45) is 5.92 Å². The Balaban J connectivity index is 1.58. The molecule has 1 amide bonds. The minimum Gasteiger partial charge on any atom is -0.386 e. The Hall–Kier alpha value is -4.56. The van der Waals surface area contributed by atoms with Crippen molar-refractivity contribution in [1.82, 2.24) is 29.3 Å². The third kappa shape index (κ3) is 5.13. The number of carbonyl (C=O) groups excluding carboxylic acids is 1. The molecule has 0 saturated carbocycles. The number of H-pyrrole nitrogens is 1. The van der Waals surface area contributed by atoms with Crippen molar-refractivity contribution in [2.75, 3.05) is 44.9 Å².